The summed E-state index contributed by atoms with van der Waals surface area (Å²) < 4.78 is 5.73. The highest BCUT2D eigenvalue weighted by atomic mass is 16.5. The minimum atomic E-state index is 0.234. The van der Waals surface area contributed by atoms with Gasteiger partial charge in [-0.05, 0) is 18.0 Å². The molecule has 12 heavy (non-hydrogen) atoms. The lowest BCUT2D eigenvalue weighted by atomic mass is 9.89. The van der Waals surface area contributed by atoms with Gasteiger partial charge in [-0.3, -0.25) is 0 Å². The van der Waals surface area contributed by atoms with Gasteiger partial charge in [0.1, 0.15) is 0 Å². The molecule has 1 rings (SSSR count). The Labute approximate surface area is 75.0 Å². The molecule has 0 saturated heterocycles. The molecule has 0 saturated carbocycles. The molecule has 0 amide bonds. The molecule has 2 nitrogen and oxygen atoms in total. The zero-order valence-corrected chi connectivity index (χ0v) is 8.26. The van der Waals surface area contributed by atoms with Crippen LogP contribution >= 0.6 is 0 Å². The first-order valence-corrected chi connectivity index (χ1v) is 4.61. The van der Waals surface area contributed by atoms with Crippen LogP contribution in [0.3, 0.4) is 0 Å². The van der Waals surface area contributed by atoms with Crippen LogP contribution in [0.1, 0.15) is 27.2 Å². The third kappa shape index (κ3) is 2.86. The largest absolute Gasteiger partial charge is 0.389 e. The summed E-state index contributed by atoms with van der Waals surface area (Å²) in [5.74, 6) is 0. The maximum Gasteiger partial charge on any atom is 0.0795 e. The van der Waals surface area contributed by atoms with Crippen LogP contribution in [0, 0.1) is 5.41 Å². The van der Waals surface area contributed by atoms with Crippen LogP contribution in [0.4, 0.5) is 0 Å². The van der Waals surface area contributed by atoms with Crippen molar-refractivity contribution in [3.8, 4) is 0 Å². The summed E-state index contributed by atoms with van der Waals surface area (Å²) in [6.07, 6.45) is 5.47. The Bertz CT molecular complexity index is 158. The lowest BCUT2D eigenvalue weighted by Gasteiger charge is -2.31. The van der Waals surface area contributed by atoms with E-state index in [1.807, 2.05) is 6.20 Å². The van der Waals surface area contributed by atoms with E-state index in [0.29, 0.717) is 6.10 Å². The SMILES string of the molecule is CC(C)(C)C1CN/C=C\CCO1. The van der Waals surface area contributed by atoms with Gasteiger partial charge in [0.25, 0.3) is 0 Å². The molecule has 0 fully saturated rings. The molecule has 2 heteroatoms. The van der Waals surface area contributed by atoms with E-state index >= 15 is 0 Å². The summed E-state index contributed by atoms with van der Waals surface area (Å²) in [5, 5.41) is 3.24. The molecule has 0 radical (unpaired) electrons. The van der Waals surface area contributed by atoms with Crippen LogP contribution in [0.25, 0.3) is 0 Å². The molecule has 1 aliphatic rings. The quantitative estimate of drug-likeness (QED) is 0.598. The molecule has 1 unspecified atom stereocenters. The Morgan fingerprint density at radius 2 is 2.17 bits per heavy atom. The summed E-state index contributed by atoms with van der Waals surface area (Å²) in [5.41, 5.74) is 0.234. The standard InChI is InChI=1S/C10H19NO/c1-10(2,3)9-8-11-6-4-5-7-12-9/h4,6,9,11H,5,7-8H2,1-3H3/b6-4-. The number of hydrogen-bond donors (Lipinski definition) is 1. The molecule has 0 aliphatic carbocycles. The lowest BCUT2D eigenvalue weighted by molar-refractivity contribution is -0.0141. The molecule has 0 aromatic carbocycles. The Morgan fingerprint density at radius 3 is 2.83 bits per heavy atom. The normalized spacial score (nSPS) is 28.4. The maximum atomic E-state index is 5.73. The van der Waals surface area contributed by atoms with Crippen molar-refractivity contribution in [2.75, 3.05) is 13.2 Å². The topological polar surface area (TPSA) is 21.3 Å². The van der Waals surface area contributed by atoms with Gasteiger partial charge >= 0.3 is 0 Å². The third-order valence-corrected chi connectivity index (χ3v) is 2.11. The highest BCUT2D eigenvalue weighted by molar-refractivity contribution is 4.86. The minimum Gasteiger partial charge on any atom is -0.389 e. The van der Waals surface area contributed by atoms with Gasteiger partial charge in [-0.1, -0.05) is 26.8 Å². The number of nitrogens with one attached hydrogen (secondary N) is 1. The third-order valence-electron chi connectivity index (χ3n) is 2.11. The van der Waals surface area contributed by atoms with Crippen molar-refractivity contribution < 1.29 is 4.74 Å². The molecule has 0 spiro atoms. The van der Waals surface area contributed by atoms with E-state index in [-0.39, 0.29) is 5.41 Å². The second kappa shape index (κ2) is 3.94. The van der Waals surface area contributed by atoms with Crippen LogP contribution in [0.5, 0.6) is 0 Å². The monoisotopic (exact) mass is 169 g/mol. The Hall–Kier alpha value is -0.500. The number of ether oxygens (including phenoxy) is 1. The van der Waals surface area contributed by atoms with Crippen molar-refractivity contribution in [3.05, 3.63) is 12.3 Å². The molecule has 0 bridgehead atoms. The summed E-state index contributed by atoms with van der Waals surface area (Å²) in [6, 6.07) is 0. The van der Waals surface area contributed by atoms with Crippen molar-refractivity contribution in [1.82, 2.24) is 5.32 Å². The van der Waals surface area contributed by atoms with E-state index in [1.54, 1.807) is 0 Å². The smallest absolute Gasteiger partial charge is 0.0795 e. The predicted octanol–water partition coefficient (Wildman–Crippen LogP) is 1.92. The number of hydrogen-bond acceptors (Lipinski definition) is 2. The van der Waals surface area contributed by atoms with Gasteiger partial charge in [0, 0.05) is 6.54 Å². The molecule has 1 heterocycles. The van der Waals surface area contributed by atoms with Crippen molar-refractivity contribution in [1.29, 1.82) is 0 Å². The van der Waals surface area contributed by atoms with Crippen LogP contribution in [-0.4, -0.2) is 19.3 Å². The maximum absolute atomic E-state index is 5.73. The molecule has 1 atom stereocenters. The zero-order chi connectivity index (χ0) is 9.03. The van der Waals surface area contributed by atoms with Crippen molar-refractivity contribution in [3.63, 3.8) is 0 Å². The molecule has 1 aliphatic heterocycles. The van der Waals surface area contributed by atoms with Crippen LogP contribution in [0.15, 0.2) is 12.3 Å². The van der Waals surface area contributed by atoms with Gasteiger partial charge in [-0.2, -0.15) is 0 Å². The fraction of sp³-hybridized carbons (Fsp3) is 0.800. The molecule has 0 aromatic heterocycles. The van der Waals surface area contributed by atoms with Gasteiger partial charge in [0.05, 0.1) is 12.7 Å². The summed E-state index contributed by atoms with van der Waals surface area (Å²) >= 11 is 0. The first-order valence-electron chi connectivity index (χ1n) is 4.61. The van der Waals surface area contributed by atoms with E-state index in [2.05, 4.69) is 32.2 Å². The highest BCUT2D eigenvalue weighted by Gasteiger charge is 2.24. The fourth-order valence-corrected chi connectivity index (χ4v) is 1.24. The summed E-state index contributed by atoms with van der Waals surface area (Å²) in [4.78, 5) is 0. The predicted molar refractivity (Wildman–Crippen MR) is 51.0 cm³/mol. The first kappa shape index (κ1) is 9.59. The second-order valence-corrected chi connectivity index (χ2v) is 4.32. The van der Waals surface area contributed by atoms with Gasteiger partial charge in [0.2, 0.25) is 0 Å². The molecule has 1 N–H and O–H groups in total. The lowest BCUT2D eigenvalue weighted by Crippen LogP contribution is -2.38. The van der Waals surface area contributed by atoms with Gasteiger partial charge in [-0.15, -0.1) is 0 Å². The van der Waals surface area contributed by atoms with E-state index < -0.39 is 0 Å². The van der Waals surface area contributed by atoms with Crippen molar-refractivity contribution in [2.45, 2.75) is 33.3 Å². The summed E-state index contributed by atoms with van der Waals surface area (Å²) in [7, 11) is 0. The van der Waals surface area contributed by atoms with Crippen molar-refractivity contribution in [2.24, 2.45) is 5.41 Å². The van der Waals surface area contributed by atoms with E-state index in [1.165, 1.54) is 0 Å². The molecular formula is C10H19NO. The molecule has 0 aromatic rings. The van der Waals surface area contributed by atoms with Crippen molar-refractivity contribution >= 4 is 0 Å². The van der Waals surface area contributed by atoms with Crippen LogP contribution in [-0.2, 0) is 4.74 Å². The zero-order valence-electron chi connectivity index (χ0n) is 8.26. The Balaban J connectivity index is 2.48. The van der Waals surface area contributed by atoms with E-state index in [4.69, 9.17) is 4.74 Å². The Morgan fingerprint density at radius 1 is 1.42 bits per heavy atom. The average molecular weight is 169 g/mol. The van der Waals surface area contributed by atoms with Gasteiger partial charge in [-0.25, -0.2) is 0 Å². The van der Waals surface area contributed by atoms with Gasteiger partial charge < -0.3 is 10.1 Å². The van der Waals surface area contributed by atoms with E-state index in [9.17, 15) is 0 Å². The van der Waals surface area contributed by atoms with Crippen LogP contribution in [0.2, 0.25) is 0 Å². The second-order valence-electron chi connectivity index (χ2n) is 4.32. The summed E-state index contributed by atoms with van der Waals surface area (Å²) in [6.45, 7) is 8.40. The fourth-order valence-electron chi connectivity index (χ4n) is 1.24. The van der Waals surface area contributed by atoms with Gasteiger partial charge in [0.15, 0.2) is 0 Å². The highest BCUT2D eigenvalue weighted by Crippen LogP contribution is 2.22. The van der Waals surface area contributed by atoms with Crippen LogP contribution < -0.4 is 5.32 Å². The average Bonchev–Trinajstić information content (AvgIpc) is 1.81. The number of rotatable bonds is 0. The first-order chi connectivity index (χ1) is 5.61. The molecular weight excluding hydrogens is 150 g/mol. The van der Waals surface area contributed by atoms with E-state index in [0.717, 1.165) is 19.6 Å². The minimum absolute atomic E-state index is 0.234. The molecule has 70 valence electrons. The Kier molecular flexibility index (Phi) is 3.15.